The van der Waals surface area contributed by atoms with Crippen LogP contribution in [0.2, 0.25) is 0 Å². The molecule has 4 atom stereocenters. The molecule has 0 unspecified atom stereocenters. The first-order valence-corrected chi connectivity index (χ1v) is 8.95. The Balaban J connectivity index is 1.48. The number of hydrogen-bond donors (Lipinski definition) is 0. The van der Waals surface area contributed by atoms with Gasteiger partial charge in [-0.05, 0) is 47.9 Å². The predicted molar refractivity (Wildman–Crippen MR) is 96.7 cm³/mol. The summed E-state index contributed by atoms with van der Waals surface area (Å²) in [5, 5.41) is 0. The molecule has 1 aliphatic heterocycles. The highest BCUT2D eigenvalue weighted by Gasteiger charge is 2.56. The zero-order valence-corrected chi connectivity index (χ0v) is 13.8. The van der Waals surface area contributed by atoms with Gasteiger partial charge in [0.2, 0.25) is 11.8 Å². The van der Waals surface area contributed by atoms with E-state index in [1.807, 2.05) is 42.5 Å². The molecule has 0 aromatic heterocycles. The summed E-state index contributed by atoms with van der Waals surface area (Å²) < 4.78 is 0. The van der Waals surface area contributed by atoms with Crippen LogP contribution in [0.3, 0.4) is 0 Å². The van der Waals surface area contributed by atoms with Gasteiger partial charge >= 0.3 is 0 Å². The van der Waals surface area contributed by atoms with Crippen LogP contribution in [-0.2, 0) is 9.59 Å². The minimum Gasteiger partial charge on any atom is -0.274 e. The van der Waals surface area contributed by atoms with Crippen molar-refractivity contribution in [3.63, 3.8) is 0 Å². The van der Waals surface area contributed by atoms with Gasteiger partial charge < -0.3 is 0 Å². The Labute approximate surface area is 147 Å². The molecule has 0 spiro atoms. The first kappa shape index (κ1) is 14.6. The smallest absolute Gasteiger partial charge is 0.238 e. The summed E-state index contributed by atoms with van der Waals surface area (Å²) in [6.45, 7) is 0. The molecule has 124 valence electrons. The fraction of sp³-hybridized carbons (Fsp3) is 0.273. The molecule has 25 heavy (non-hydrogen) atoms. The Kier molecular flexibility index (Phi) is 3.17. The first-order valence-electron chi connectivity index (χ1n) is 8.95. The largest absolute Gasteiger partial charge is 0.274 e. The summed E-state index contributed by atoms with van der Waals surface area (Å²) in [4.78, 5) is 27.4. The molecular formula is C22H19NO2. The van der Waals surface area contributed by atoms with Gasteiger partial charge in [0.1, 0.15) is 0 Å². The van der Waals surface area contributed by atoms with Crippen LogP contribution in [0.1, 0.15) is 12.8 Å². The van der Waals surface area contributed by atoms with E-state index in [2.05, 4.69) is 24.3 Å². The van der Waals surface area contributed by atoms with Crippen LogP contribution in [0.15, 0.2) is 66.7 Å². The van der Waals surface area contributed by atoms with Crippen molar-refractivity contribution in [2.75, 3.05) is 4.90 Å². The van der Waals surface area contributed by atoms with E-state index in [1.54, 1.807) is 0 Å². The van der Waals surface area contributed by atoms with Crippen LogP contribution in [-0.4, -0.2) is 11.8 Å². The Morgan fingerprint density at radius 2 is 1.20 bits per heavy atom. The molecule has 2 bridgehead atoms. The minimum atomic E-state index is -0.148. The van der Waals surface area contributed by atoms with Crippen molar-refractivity contribution in [3.05, 3.63) is 66.7 Å². The highest BCUT2D eigenvalue weighted by Crippen LogP contribution is 2.50. The second-order valence-electron chi connectivity index (χ2n) is 7.27. The van der Waals surface area contributed by atoms with Crippen LogP contribution in [0.4, 0.5) is 5.69 Å². The number of hydrogen-bond acceptors (Lipinski definition) is 2. The van der Waals surface area contributed by atoms with Gasteiger partial charge in [0.05, 0.1) is 17.5 Å². The number of benzene rings is 2. The van der Waals surface area contributed by atoms with Crippen molar-refractivity contribution >= 4 is 17.5 Å². The summed E-state index contributed by atoms with van der Waals surface area (Å²) in [5.74, 6) is 0.151. The van der Waals surface area contributed by atoms with Gasteiger partial charge in [-0.15, -0.1) is 0 Å². The molecule has 3 heteroatoms. The number of allylic oxidation sites excluding steroid dienone is 2. The summed E-state index contributed by atoms with van der Waals surface area (Å²) in [7, 11) is 0. The average Bonchev–Trinajstić information content (AvgIpc) is 2.97. The lowest BCUT2D eigenvalue weighted by Crippen LogP contribution is -2.38. The molecule has 0 N–H and O–H groups in total. The van der Waals surface area contributed by atoms with E-state index in [9.17, 15) is 9.59 Å². The summed E-state index contributed by atoms with van der Waals surface area (Å²) in [6.07, 6.45) is 6.37. The second kappa shape index (κ2) is 5.41. The van der Waals surface area contributed by atoms with Crippen molar-refractivity contribution in [1.29, 1.82) is 0 Å². The zero-order chi connectivity index (χ0) is 17.0. The van der Waals surface area contributed by atoms with Crippen molar-refractivity contribution in [2.24, 2.45) is 23.7 Å². The molecule has 4 aliphatic rings. The fourth-order valence-corrected chi connectivity index (χ4v) is 4.76. The molecule has 3 aliphatic carbocycles. The molecule has 1 heterocycles. The average molecular weight is 329 g/mol. The molecule has 2 amide bonds. The Morgan fingerprint density at radius 1 is 0.680 bits per heavy atom. The maximum atomic E-state index is 13.0. The summed E-state index contributed by atoms with van der Waals surface area (Å²) in [6, 6.07) is 17.9. The standard InChI is InChI=1S/C22H19NO2/c24-21-19-16-6-7-17(9-8-16)20(19)22(25)23(21)18-12-10-15(11-13-18)14-4-2-1-3-5-14/h1-7,10-13,16-17,19-20H,8-9H2/t16-,17-,19-,20+/m1/s1. The number of carbonyl (C=O) groups excluding carboxylic acids is 2. The number of carbonyl (C=O) groups is 2. The topological polar surface area (TPSA) is 37.4 Å². The Bertz CT molecular complexity index is 837. The maximum Gasteiger partial charge on any atom is 0.238 e. The van der Waals surface area contributed by atoms with Gasteiger partial charge in [0, 0.05) is 0 Å². The van der Waals surface area contributed by atoms with E-state index in [4.69, 9.17) is 0 Å². The van der Waals surface area contributed by atoms with Gasteiger partial charge in [0.25, 0.3) is 0 Å². The van der Waals surface area contributed by atoms with Gasteiger partial charge in [0.15, 0.2) is 0 Å². The number of imide groups is 1. The molecule has 2 aromatic carbocycles. The van der Waals surface area contributed by atoms with Crippen LogP contribution in [0.5, 0.6) is 0 Å². The van der Waals surface area contributed by atoms with Gasteiger partial charge in [-0.1, -0.05) is 54.6 Å². The lowest BCUT2D eigenvalue weighted by molar-refractivity contribution is -0.124. The molecule has 3 nitrogen and oxygen atoms in total. The third-order valence-electron chi connectivity index (χ3n) is 5.99. The normalized spacial score (nSPS) is 30.0. The van der Waals surface area contributed by atoms with E-state index in [0.29, 0.717) is 5.69 Å². The van der Waals surface area contributed by atoms with E-state index < -0.39 is 0 Å². The molecule has 6 rings (SSSR count). The first-order chi connectivity index (χ1) is 12.2. The molecular weight excluding hydrogens is 310 g/mol. The van der Waals surface area contributed by atoms with E-state index in [-0.39, 0.29) is 35.5 Å². The Hall–Kier alpha value is -2.68. The van der Waals surface area contributed by atoms with Crippen molar-refractivity contribution in [1.82, 2.24) is 0 Å². The van der Waals surface area contributed by atoms with E-state index >= 15 is 0 Å². The lowest BCUT2D eigenvalue weighted by atomic mass is 9.63. The second-order valence-corrected chi connectivity index (χ2v) is 7.27. The van der Waals surface area contributed by atoms with Crippen molar-refractivity contribution in [2.45, 2.75) is 12.8 Å². The molecule has 1 saturated carbocycles. The van der Waals surface area contributed by atoms with Gasteiger partial charge in [-0.3, -0.25) is 14.5 Å². The van der Waals surface area contributed by atoms with Crippen LogP contribution in [0, 0.1) is 23.7 Å². The summed E-state index contributed by atoms with van der Waals surface area (Å²) >= 11 is 0. The lowest BCUT2D eigenvalue weighted by Gasteiger charge is -2.38. The number of fused-ring (bicyclic) bond motifs is 1. The van der Waals surface area contributed by atoms with Crippen molar-refractivity contribution < 1.29 is 9.59 Å². The maximum absolute atomic E-state index is 13.0. The number of rotatable bonds is 2. The molecule has 1 saturated heterocycles. The highest BCUT2D eigenvalue weighted by atomic mass is 16.2. The molecule has 2 fully saturated rings. The quantitative estimate of drug-likeness (QED) is 0.615. The monoisotopic (exact) mass is 329 g/mol. The number of amides is 2. The van der Waals surface area contributed by atoms with Crippen LogP contribution >= 0.6 is 0 Å². The number of anilines is 1. The molecule has 2 aromatic rings. The predicted octanol–water partition coefficient (Wildman–Crippen LogP) is 4.06. The zero-order valence-electron chi connectivity index (χ0n) is 13.8. The van der Waals surface area contributed by atoms with E-state index in [1.165, 1.54) is 4.90 Å². The number of nitrogens with zero attached hydrogens (tertiary/aromatic N) is 1. The highest BCUT2D eigenvalue weighted by molar-refractivity contribution is 6.22. The van der Waals surface area contributed by atoms with Crippen molar-refractivity contribution in [3.8, 4) is 11.1 Å². The van der Waals surface area contributed by atoms with Gasteiger partial charge in [-0.25, -0.2) is 0 Å². The summed E-state index contributed by atoms with van der Waals surface area (Å²) in [5.41, 5.74) is 2.91. The SMILES string of the molecule is O=C1[C@@H]2[C@H](C(=O)N1c1ccc(-c3ccccc3)cc1)[C@@H]1C=C[C@@H]2CC1. The van der Waals surface area contributed by atoms with E-state index in [0.717, 1.165) is 24.0 Å². The third kappa shape index (κ3) is 2.12. The fourth-order valence-electron chi connectivity index (χ4n) is 4.76. The minimum absolute atomic E-state index is 0.0125. The third-order valence-corrected chi connectivity index (χ3v) is 5.99. The van der Waals surface area contributed by atoms with Crippen LogP contribution < -0.4 is 4.90 Å². The van der Waals surface area contributed by atoms with Gasteiger partial charge in [-0.2, -0.15) is 0 Å². The molecule has 0 radical (unpaired) electrons. The Morgan fingerprint density at radius 3 is 1.72 bits per heavy atom. The van der Waals surface area contributed by atoms with Crippen LogP contribution in [0.25, 0.3) is 11.1 Å².